The van der Waals surface area contributed by atoms with Crippen LogP contribution in [-0.2, 0) is 10.0 Å². The highest BCUT2D eigenvalue weighted by Gasteiger charge is 2.22. The van der Waals surface area contributed by atoms with Crippen LogP contribution in [-0.4, -0.2) is 18.6 Å². The molecule has 0 amide bonds. The van der Waals surface area contributed by atoms with Crippen LogP contribution in [0.3, 0.4) is 0 Å². The van der Waals surface area contributed by atoms with Crippen LogP contribution in [0.4, 0.5) is 5.69 Å². The van der Waals surface area contributed by atoms with Crippen molar-refractivity contribution in [2.45, 2.75) is 16.8 Å². The van der Waals surface area contributed by atoms with Crippen molar-refractivity contribution in [3.8, 4) is 0 Å². The van der Waals surface area contributed by atoms with E-state index in [9.17, 15) is 8.42 Å². The molecule has 0 aliphatic carbocycles. The lowest BCUT2D eigenvalue weighted by atomic mass is 10.2. The summed E-state index contributed by atoms with van der Waals surface area (Å²) in [6.45, 7) is 1.93. The smallest absolute Gasteiger partial charge is 0.220 e. The predicted molar refractivity (Wildman–Crippen MR) is 99.5 cm³/mol. The highest BCUT2D eigenvalue weighted by molar-refractivity contribution is 7.99. The van der Waals surface area contributed by atoms with Crippen molar-refractivity contribution in [2.24, 2.45) is 4.99 Å². The number of benzene rings is 2. The number of para-hydroxylation sites is 1. The van der Waals surface area contributed by atoms with Crippen LogP contribution in [0.15, 0.2) is 74.9 Å². The van der Waals surface area contributed by atoms with E-state index in [-0.39, 0.29) is 4.90 Å². The molecular weight excluding hydrogens is 360 g/mol. The summed E-state index contributed by atoms with van der Waals surface area (Å²) in [6.07, 6.45) is 1.86. The van der Waals surface area contributed by atoms with E-state index in [4.69, 9.17) is 0 Å². The maximum Gasteiger partial charge on any atom is 0.270 e. The van der Waals surface area contributed by atoms with Crippen LogP contribution in [0.1, 0.15) is 5.56 Å². The van der Waals surface area contributed by atoms with Crippen LogP contribution < -0.4 is 4.80 Å². The van der Waals surface area contributed by atoms with E-state index in [2.05, 4.69) is 4.99 Å². The summed E-state index contributed by atoms with van der Waals surface area (Å²) in [4.78, 5) is 5.20. The van der Waals surface area contributed by atoms with E-state index < -0.39 is 10.0 Å². The molecule has 0 spiro atoms. The van der Waals surface area contributed by atoms with E-state index >= 15 is 0 Å². The molecule has 2 aromatic carbocycles. The van der Waals surface area contributed by atoms with E-state index in [1.165, 1.54) is 27.1 Å². The number of aromatic nitrogens is 1. The van der Waals surface area contributed by atoms with Gasteiger partial charge >= 0.3 is 0 Å². The molecule has 7 heteroatoms. The fourth-order valence-electron chi connectivity index (χ4n) is 2.15. The van der Waals surface area contributed by atoms with Gasteiger partial charge in [-0.05, 0) is 37.4 Å². The first-order chi connectivity index (χ1) is 11.5. The van der Waals surface area contributed by atoms with E-state index in [0.717, 1.165) is 11.3 Å². The zero-order valence-electron chi connectivity index (χ0n) is 13.2. The molecule has 0 aliphatic heterocycles. The summed E-state index contributed by atoms with van der Waals surface area (Å²) in [5.41, 5.74) is 1.74. The molecule has 0 saturated heterocycles. The van der Waals surface area contributed by atoms with Gasteiger partial charge in [0.1, 0.15) is 5.03 Å². The number of aryl methyl sites for hydroxylation is 1. The molecule has 1 aromatic heterocycles. The van der Waals surface area contributed by atoms with Gasteiger partial charge in [-0.2, -0.15) is 0 Å². The van der Waals surface area contributed by atoms with Crippen LogP contribution in [0.5, 0.6) is 0 Å². The Bertz CT molecular complexity index is 1000. The highest BCUT2D eigenvalue weighted by Crippen LogP contribution is 2.23. The average Bonchev–Trinajstić information content (AvgIpc) is 2.99. The third-order valence-electron chi connectivity index (χ3n) is 3.39. The second kappa shape index (κ2) is 6.96. The van der Waals surface area contributed by atoms with Crippen LogP contribution in [0.2, 0.25) is 0 Å². The average molecular weight is 377 g/mol. The minimum Gasteiger partial charge on any atom is -0.220 e. The van der Waals surface area contributed by atoms with Crippen LogP contribution in [0, 0.1) is 6.92 Å². The third kappa shape index (κ3) is 3.33. The van der Waals surface area contributed by atoms with Gasteiger partial charge in [0.2, 0.25) is 4.80 Å². The molecule has 24 heavy (non-hydrogen) atoms. The Morgan fingerprint density at radius 3 is 2.33 bits per heavy atom. The van der Waals surface area contributed by atoms with Gasteiger partial charge in [0, 0.05) is 5.38 Å². The molecule has 0 bridgehead atoms. The zero-order chi connectivity index (χ0) is 17.2. The molecule has 124 valence electrons. The number of thioether (sulfide) groups is 1. The first-order valence-electron chi connectivity index (χ1n) is 7.19. The molecule has 1 heterocycles. The highest BCUT2D eigenvalue weighted by atomic mass is 32.2. The normalized spacial score (nSPS) is 12.5. The van der Waals surface area contributed by atoms with Gasteiger partial charge in [0.05, 0.1) is 10.6 Å². The molecule has 0 N–H and O–H groups in total. The van der Waals surface area contributed by atoms with Gasteiger partial charge in [0.25, 0.3) is 10.0 Å². The fraction of sp³-hybridized carbons (Fsp3) is 0.118. The third-order valence-corrected chi connectivity index (χ3v) is 7.03. The molecular formula is C17H16N2O2S3. The first-order valence-corrected chi connectivity index (χ1v) is 10.7. The lowest BCUT2D eigenvalue weighted by molar-refractivity contribution is 0.581. The molecule has 0 fully saturated rings. The summed E-state index contributed by atoms with van der Waals surface area (Å²) in [5.74, 6) is 0. The number of hydrogen-bond donors (Lipinski definition) is 0. The van der Waals surface area contributed by atoms with Crippen molar-refractivity contribution in [3.05, 3.63) is 70.3 Å². The Morgan fingerprint density at radius 2 is 1.71 bits per heavy atom. The van der Waals surface area contributed by atoms with Crippen molar-refractivity contribution in [1.82, 2.24) is 3.97 Å². The van der Waals surface area contributed by atoms with Gasteiger partial charge < -0.3 is 0 Å². The van der Waals surface area contributed by atoms with E-state index in [1.807, 2.05) is 48.9 Å². The number of rotatable bonds is 4. The molecule has 0 atom stereocenters. The second-order valence-corrected chi connectivity index (χ2v) is 8.54. The largest absolute Gasteiger partial charge is 0.270 e. The summed E-state index contributed by atoms with van der Waals surface area (Å²) in [7, 11) is -3.69. The zero-order valence-corrected chi connectivity index (χ0v) is 15.7. The van der Waals surface area contributed by atoms with Gasteiger partial charge in [-0.3, -0.25) is 0 Å². The Hall–Kier alpha value is -1.83. The Morgan fingerprint density at radius 1 is 1.04 bits per heavy atom. The van der Waals surface area contributed by atoms with Gasteiger partial charge in [-0.1, -0.05) is 35.9 Å². The quantitative estimate of drug-likeness (QED) is 0.646. The molecule has 0 saturated carbocycles. The maximum absolute atomic E-state index is 13.1. The minimum absolute atomic E-state index is 0.260. The summed E-state index contributed by atoms with van der Waals surface area (Å²) in [5, 5.41) is 2.47. The first kappa shape index (κ1) is 17.0. The number of thiazole rings is 1. The standard InChI is InChI=1S/C17H16N2O2S3/c1-13-8-10-15(11-9-13)24(20,21)19-16(22-2)12-23-17(19)18-14-6-4-3-5-7-14/h3-12H,1-2H3. The van der Waals surface area contributed by atoms with Gasteiger partial charge in [-0.25, -0.2) is 17.4 Å². The molecule has 0 aliphatic rings. The Kier molecular flexibility index (Phi) is 4.93. The number of nitrogens with zero attached hydrogens (tertiary/aromatic N) is 2. The minimum atomic E-state index is -3.69. The lowest BCUT2D eigenvalue weighted by Crippen LogP contribution is -2.24. The number of hydrogen-bond acceptors (Lipinski definition) is 5. The van der Waals surface area contributed by atoms with Crippen LogP contribution >= 0.6 is 23.1 Å². The summed E-state index contributed by atoms with van der Waals surface area (Å²) >= 11 is 2.70. The van der Waals surface area contributed by atoms with Crippen molar-refractivity contribution >= 4 is 38.8 Å². The molecule has 4 nitrogen and oxygen atoms in total. The fourth-order valence-corrected chi connectivity index (χ4v) is 5.88. The maximum atomic E-state index is 13.1. The van der Waals surface area contributed by atoms with Gasteiger partial charge in [0.15, 0.2) is 0 Å². The second-order valence-electron chi connectivity index (χ2n) is 5.09. The SMILES string of the molecule is CSc1csc(=Nc2ccccc2)n1S(=O)(=O)c1ccc(C)cc1. The van der Waals surface area contributed by atoms with Crippen molar-refractivity contribution < 1.29 is 8.42 Å². The summed E-state index contributed by atoms with van der Waals surface area (Å²) < 4.78 is 27.5. The monoisotopic (exact) mass is 376 g/mol. The van der Waals surface area contributed by atoms with Gasteiger partial charge in [-0.15, -0.1) is 23.1 Å². The predicted octanol–water partition coefficient (Wildman–Crippen LogP) is 4.05. The Labute approximate surface area is 149 Å². The molecule has 3 rings (SSSR count). The van der Waals surface area contributed by atoms with Crippen molar-refractivity contribution in [2.75, 3.05) is 6.26 Å². The van der Waals surface area contributed by atoms with Crippen molar-refractivity contribution in [1.29, 1.82) is 0 Å². The topological polar surface area (TPSA) is 51.4 Å². The lowest BCUT2D eigenvalue weighted by Gasteiger charge is -2.09. The molecule has 3 aromatic rings. The molecule has 0 radical (unpaired) electrons. The van der Waals surface area contributed by atoms with E-state index in [1.54, 1.807) is 24.3 Å². The van der Waals surface area contributed by atoms with Crippen LogP contribution in [0.25, 0.3) is 0 Å². The van der Waals surface area contributed by atoms with Crippen molar-refractivity contribution in [3.63, 3.8) is 0 Å². The van der Waals surface area contributed by atoms with E-state index in [0.29, 0.717) is 9.83 Å². The summed E-state index contributed by atoms with van der Waals surface area (Å²) in [6, 6.07) is 16.2. The Balaban J connectivity index is 2.22. The molecule has 0 unspecified atom stereocenters.